The number of amides is 1. The SMILES string of the molecule is CCCCCCCOc1ccc(C(=O)Oc2ccc(CN(CC(=O)O)C(=O)c3ccc(NCC(=O)c4ccccc4OC)cc3)cc2)cc1. The average molecular weight is 667 g/mol. The molecule has 10 heteroatoms. The molecule has 49 heavy (non-hydrogen) atoms. The molecular weight excluding hydrogens is 624 g/mol. The quantitative estimate of drug-likeness (QED) is 0.0459. The highest BCUT2D eigenvalue weighted by Crippen LogP contribution is 2.21. The minimum atomic E-state index is -1.16. The van der Waals surface area contributed by atoms with Crippen LogP contribution in [0.1, 0.15) is 75.7 Å². The van der Waals surface area contributed by atoms with Crippen LogP contribution in [0.5, 0.6) is 17.2 Å². The van der Waals surface area contributed by atoms with Gasteiger partial charge in [-0.25, -0.2) is 4.79 Å². The van der Waals surface area contributed by atoms with E-state index < -0.39 is 24.4 Å². The van der Waals surface area contributed by atoms with E-state index >= 15 is 0 Å². The number of benzene rings is 4. The Bertz CT molecular complexity index is 1690. The van der Waals surface area contributed by atoms with Crippen LogP contribution < -0.4 is 19.5 Å². The molecule has 0 heterocycles. The Morgan fingerprint density at radius 2 is 1.41 bits per heavy atom. The molecule has 0 spiro atoms. The maximum absolute atomic E-state index is 13.3. The smallest absolute Gasteiger partial charge is 0.343 e. The Hall–Kier alpha value is -5.64. The zero-order valence-electron chi connectivity index (χ0n) is 27.9. The number of carbonyl (C=O) groups excluding carboxylic acids is 3. The first kappa shape index (κ1) is 36.2. The molecule has 0 bridgehead atoms. The van der Waals surface area contributed by atoms with Gasteiger partial charge in [-0.2, -0.15) is 0 Å². The van der Waals surface area contributed by atoms with Gasteiger partial charge in [-0.1, -0.05) is 56.9 Å². The summed E-state index contributed by atoms with van der Waals surface area (Å²) >= 11 is 0. The van der Waals surface area contributed by atoms with Crippen molar-refractivity contribution in [2.45, 2.75) is 45.6 Å². The number of carboxylic acid groups (broad SMARTS) is 1. The van der Waals surface area contributed by atoms with E-state index in [4.69, 9.17) is 14.2 Å². The number of nitrogens with one attached hydrogen (secondary N) is 1. The fourth-order valence-corrected chi connectivity index (χ4v) is 5.06. The van der Waals surface area contributed by atoms with Gasteiger partial charge in [0.2, 0.25) is 0 Å². The van der Waals surface area contributed by atoms with Crippen LogP contribution in [-0.2, 0) is 11.3 Å². The number of ether oxygens (including phenoxy) is 3. The summed E-state index contributed by atoms with van der Waals surface area (Å²) in [6.07, 6.45) is 5.76. The van der Waals surface area contributed by atoms with Crippen LogP contribution in [-0.4, -0.2) is 60.4 Å². The third-order valence-electron chi connectivity index (χ3n) is 7.72. The molecule has 0 aliphatic heterocycles. The molecule has 1 amide bonds. The van der Waals surface area contributed by atoms with E-state index in [1.165, 1.54) is 31.3 Å². The number of unbranched alkanes of at least 4 members (excludes halogenated alkanes) is 4. The summed E-state index contributed by atoms with van der Waals surface area (Å²) in [6.45, 7) is 2.34. The summed E-state index contributed by atoms with van der Waals surface area (Å²) in [5, 5.41) is 12.5. The number of carboxylic acids is 1. The predicted molar refractivity (Wildman–Crippen MR) is 187 cm³/mol. The van der Waals surface area contributed by atoms with Crippen LogP contribution in [0.25, 0.3) is 0 Å². The van der Waals surface area contributed by atoms with Crippen molar-refractivity contribution in [3.05, 3.63) is 119 Å². The van der Waals surface area contributed by atoms with Gasteiger partial charge < -0.3 is 29.5 Å². The van der Waals surface area contributed by atoms with E-state index in [0.717, 1.165) is 12.8 Å². The van der Waals surface area contributed by atoms with Crippen LogP contribution in [0.4, 0.5) is 5.69 Å². The minimum absolute atomic E-state index is 0.0185. The van der Waals surface area contributed by atoms with E-state index in [1.54, 1.807) is 97.1 Å². The van der Waals surface area contributed by atoms with Crippen LogP contribution in [0.2, 0.25) is 0 Å². The number of methoxy groups -OCH3 is 1. The van der Waals surface area contributed by atoms with E-state index in [-0.39, 0.29) is 24.4 Å². The lowest BCUT2D eigenvalue weighted by atomic mass is 10.1. The zero-order valence-corrected chi connectivity index (χ0v) is 27.9. The fraction of sp³-hybridized carbons (Fsp3) is 0.282. The van der Waals surface area contributed by atoms with Crippen molar-refractivity contribution in [3.63, 3.8) is 0 Å². The number of anilines is 1. The second-order valence-electron chi connectivity index (χ2n) is 11.4. The monoisotopic (exact) mass is 666 g/mol. The molecule has 0 aliphatic rings. The highest BCUT2D eigenvalue weighted by molar-refractivity contribution is 6.01. The van der Waals surface area contributed by atoms with Crippen molar-refractivity contribution in [3.8, 4) is 17.2 Å². The zero-order chi connectivity index (χ0) is 35.0. The van der Waals surface area contributed by atoms with Crippen LogP contribution >= 0.6 is 0 Å². The Morgan fingerprint density at radius 1 is 0.755 bits per heavy atom. The molecular formula is C39H42N2O8. The molecule has 0 radical (unpaired) electrons. The Morgan fingerprint density at radius 3 is 2.08 bits per heavy atom. The molecule has 0 aromatic heterocycles. The standard InChI is InChI=1S/C39H42N2O8/c1-3-4-5-6-9-24-48-32-22-16-30(17-23-32)39(46)49-33-20-12-28(13-21-33)26-41(27-37(43)44)38(45)29-14-18-31(19-15-29)40-25-35(42)34-10-7-8-11-36(34)47-2/h7-8,10-23,40H,3-6,9,24-27H2,1-2H3,(H,43,44). The normalized spacial score (nSPS) is 10.6. The molecule has 0 fully saturated rings. The van der Waals surface area contributed by atoms with Gasteiger partial charge in [0.25, 0.3) is 5.91 Å². The molecule has 4 aromatic carbocycles. The van der Waals surface area contributed by atoms with Crippen molar-refractivity contribution in [2.24, 2.45) is 0 Å². The molecule has 0 atom stereocenters. The van der Waals surface area contributed by atoms with Crippen LogP contribution in [0, 0.1) is 0 Å². The van der Waals surface area contributed by atoms with Crippen molar-refractivity contribution in [1.29, 1.82) is 0 Å². The highest BCUT2D eigenvalue weighted by Gasteiger charge is 2.20. The first-order valence-electron chi connectivity index (χ1n) is 16.3. The summed E-state index contributed by atoms with van der Waals surface area (Å²) in [5.74, 6) is -0.822. The second-order valence-corrected chi connectivity index (χ2v) is 11.4. The van der Waals surface area contributed by atoms with Gasteiger partial charge in [0, 0.05) is 17.8 Å². The Labute approximate surface area is 286 Å². The summed E-state index contributed by atoms with van der Waals surface area (Å²) < 4.78 is 16.5. The third kappa shape index (κ3) is 11.2. The first-order chi connectivity index (χ1) is 23.8. The van der Waals surface area contributed by atoms with E-state index in [0.29, 0.717) is 46.2 Å². The van der Waals surface area contributed by atoms with Crippen molar-refractivity contribution < 1.29 is 38.5 Å². The summed E-state index contributed by atoms with van der Waals surface area (Å²) in [4.78, 5) is 51.5. The number of carbonyl (C=O) groups is 4. The number of hydrogen-bond acceptors (Lipinski definition) is 8. The van der Waals surface area contributed by atoms with Crippen molar-refractivity contribution in [2.75, 3.05) is 32.1 Å². The maximum atomic E-state index is 13.3. The molecule has 0 saturated carbocycles. The second kappa shape index (κ2) is 18.6. The van der Waals surface area contributed by atoms with E-state index in [2.05, 4.69) is 12.2 Å². The first-order valence-corrected chi connectivity index (χ1v) is 16.3. The molecule has 256 valence electrons. The average Bonchev–Trinajstić information content (AvgIpc) is 3.12. The predicted octanol–water partition coefficient (Wildman–Crippen LogP) is 7.29. The van der Waals surface area contributed by atoms with Gasteiger partial charge in [0.15, 0.2) is 5.78 Å². The lowest BCUT2D eigenvalue weighted by molar-refractivity contribution is -0.137. The lowest BCUT2D eigenvalue weighted by Crippen LogP contribution is -2.35. The van der Waals surface area contributed by atoms with Crippen LogP contribution in [0.3, 0.4) is 0 Å². The fourth-order valence-electron chi connectivity index (χ4n) is 5.06. The van der Waals surface area contributed by atoms with Gasteiger partial charge in [-0.15, -0.1) is 0 Å². The maximum Gasteiger partial charge on any atom is 0.343 e. The van der Waals surface area contributed by atoms with Gasteiger partial charge in [-0.3, -0.25) is 14.4 Å². The number of nitrogens with zero attached hydrogens (tertiary/aromatic N) is 1. The summed E-state index contributed by atoms with van der Waals surface area (Å²) in [5.41, 5.74) is 2.39. The number of para-hydroxylation sites is 1. The van der Waals surface area contributed by atoms with Gasteiger partial charge >= 0.3 is 11.9 Å². The van der Waals surface area contributed by atoms with Gasteiger partial charge in [-0.05, 0) is 84.8 Å². The Kier molecular flexibility index (Phi) is 13.8. The molecule has 0 aliphatic carbocycles. The minimum Gasteiger partial charge on any atom is -0.496 e. The number of Topliss-reactive ketones (excluding diaryl/α,β-unsaturated/α-hetero) is 1. The van der Waals surface area contributed by atoms with E-state index in [9.17, 15) is 24.3 Å². The highest BCUT2D eigenvalue weighted by atomic mass is 16.5. The molecule has 0 saturated heterocycles. The molecule has 0 unspecified atom stereocenters. The number of rotatable bonds is 19. The van der Waals surface area contributed by atoms with Gasteiger partial charge in [0.1, 0.15) is 23.8 Å². The van der Waals surface area contributed by atoms with Gasteiger partial charge in [0.05, 0.1) is 31.4 Å². The Balaban J connectivity index is 1.30. The summed E-state index contributed by atoms with van der Waals surface area (Å²) in [6, 6.07) is 26.7. The topological polar surface area (TPSA) is 131 Å². The molecule has 4 aromatic rings. The van der Waals surface area contributed by atoms with E-state index in [1.807, 2.05) is 0 Å². The number of ketones is 1. The number of aliphatic carboxylic acids is 1. The molecule has 2 N–H and O–H groups in total. The largest absolute Gasteiger partial charge is 0.496 e. The van der Waals surface area contributed by atoms with Crippen molar-refractivity contribution in [1.82, 2.24) is 4.90 Å². The molecule has 4 rings (SSSR count). The number of esters is 1. The molecule has 10 nitrogen and oxygen atoms in total. The van der Waals surface area contributed by atoms with Crippen molar-refractivity contribution >= 4 is 29.3 Å². The lowest BCUT2D eigenvalue weighted by Gasteiger charge is -2.21. The summed E-state index contributed by atoms with van der Waals surface area (Å²) in [7, 11) is 1.50. The van der Waals surface area contributed by atoms with Crippen LogP contribution in [0.15, 0.2) is 97.1 Å². The third-order valence-corrected chi connectivity index (χ3v) is 7.72. The number of hydrogen-bond donors (Lipinski definition) is 2.